The topological polar surface area (TPSA) is 96.9 Å². The summed E-state index contributed by atoms with van der Waals surface area (Å²) in [5, 5.41) is 16.9. The largest absolute Gasteiger partial charge is 0.484 e. The number of aryl methyl sites for hydroxylation is 2. The molecule has 3 aliphatic rings. The molecule has 1 atom stereocenters. The van der Waals surface area contributed by atoms with Gasteiger partial charge in [0.15, 0.2) is 13.2 Å². The van der Waals surface area contributed by atoms with Crippen molar-refractivity contribution in [1.29, 1.82) is 0 Å². The van der Waals surface area contributed by atoms with Crippen molar-refractivity contribution < 1.29 is 28.6 Å². The van der Waals surface area contributed by atoms with Crippen LogP contribution in [0.5, 0.6) is 11.5 Å². The Balaban J connectivity index is 1.28. The minimum absolute atomic E-state index is 0.0217. The van der Waals surface area contributed by atoms with Gasteiger partial charge in [-0.3, -0.25) is 9.59 Å². The first-order chi connectivity index (χ1) is 17.0. The van der Waals surface area contributed by atoms with E-state index in [4.69, 9.17) is 21.1 Å². The van der Waals surface area contributed by atoms with Crippen molar-refractivity contribution in [3.63, 3.8) is 0 Å². The zero-order valence-corrected chi connectivity index (χ0v) is 21.5. The maximum absolute atomic E-state index is 13.6. The number of fused-ring (bicyclic) bond motifs is 3. The van der Waals surface area contributed by atoms with Crippen LogP contribution in [0.25, 0.3) is 0 Å². The van der Waals surface area contributed by atoms with E-state index in [-0.39, 0.29) is 35.8 Å². The minimum Gasteiger partial charge on any atom is -0.484 e. The van der Waals surface area contributed by atoms with Crippen molar-refractivity contribution in [3.8, 4) is 11.5 Å². The second-order valence-electron chi connectivity index (χ2n) is 10.1. The van der Waals surface area contributed by atoms with Gasteiger partial charge in [0.1, 0.15) is 17.3 Å². The van der Waals surface area contributed by atoms with Gasteiger partial charge in [0.25, 0.3) is 11.8 Å². The number of hydrogen-bond donors (Lipinski definition) is 3. The van der Waals surface area contributed by atoms with Gasteiger partial charge in [0.05, 0.1) is 16.7 Å². The van der Waals surface area contributed by atoms with Crippen LogP contribution in [-0.4, -0.2) is 47.3 Å². The molecule has 5 rings (SSSR count). The molecular formula is C27H32ClFN2O5. The molecular weight excluding hydrogens is 487 g/mol. The predicted molar refractivity (Wildman–Crippen MR) is 134 cm³/mol. The average Bonchev–Trinajstić information content (AvgIpc) is 2.83. The van der Waals surface area contributed by atoms with Crippen molar-refractivity contribution in [2.24, 2.45) is 0 Å². The lowest BCUT2D eigenvalue weighted by Crippen LogP contribution is -2.70. The Bertz CT molecular complexity index is 1140. The van der Waals surface area contributed by atoms with E-state index in [2.05, 4.69) is 10.6 Å². The summed E-state index contributed by atoms with van der Waals surface area (Å²) in [7, 11) is 0. The first-order valence-corrected chi connectivity index (χ1v) is 12.5. The van der Waals surface area contributed by atoms with Crippen LogP contribution in [0.15, 0.2) is 30.3 Å². The summed E-state index contributed by atoms with van der Waals surface area (Å²) in [6, 6.07) is 7.80. The van der Waals surface area contributed by atoms with Gasteiger partial charge in [-0.25, -0.2) is 4.39 Å². The Morgan fingerprint density at radius 3 is 2.14 bits per heavy atom. The Hall–Kier alpha value is -2.84. The summed E-state index contributed by atoms with van der Waals surface area (Å²) >= 11 is 5.67. The van der Waals surface area contributed by atoms with E-state index in [9.17, 15) is 19.1 Å². The summed E-state index contributed by atoms with van der Waals surface area (Å²) < 4.78 is 24.7. The van der Waals surface area contributed by atoms with Gasteiger partial charge < -0.3 is 25.2 Å². The van der Waals surface area contributed by atoms with E-state index in [1.54, 1.807) is 0 Å². The van der Waals surface area contributed by atoms with E-state index in [0.717, 1.165) is 17.2 Å². The van der Waals surface area contributed by atoms with Crippen LogP contribution in [0.1, 0.15) is 48.8 Å². The maximum atomic E-state index is 13.6. The summed E-state index contributed by atoms with van der Waals surface area (Å²) in [5.41, 5.74) is 2.10. The molecule has 0 radical (unpaired) electrons. The van der Waals surface area contributed by atoms with Crippen molar-refractivity contribution in [3.05, 3.63) is 57.9 Å². The molecule has 2 amide bonds. The Morgan fingerprint density at radius 1 is 0.972 bits per heavy atom. The fraction of sp³-hybridized carbons (Fsp3) is 0.481. The second kappa shape index (κ2) is 10.3. The molecule has 3 aliphatic carbocycles. The first-order valence-electron chi connectivity index (χ1n) is 12.1. The molecule has 3 saturated carbocycles. The summed E-state index contributed by atoms with van der Waals surface area (Å²) in [6.07, 6.45) is 1.81. The molecule has 194 valence electrons. The third-order valence-electron chi connectivity index (χ3n) is 7.65. The third kappa shape index (κ3) is 5.60. The van der Waals surface area contributed by atoms with Crippen LogP contribution in [-0.2, 0) is 9.59 Å². The minimum atomic E-state index is -0.806. The summed E-state index contributed by atoms with van der Waals surface area (Å²) in [5.74, 6) is -0.415. The van der Waals surface area contributed by atoms with E-state index < -0.39 is 23.0 Å². The normalized spacial score (nSPS) is 24.8. The predicted octanol–water partition coefficient (Wildman–Crippen LogP) is 3.91. The van der Waals surface area contributed by atoms with Gasteiger partial charge in [-0.2, -0.15) is 0 Å². The molecule has 2 bridgehead atoms. The van der Waals surface area contributed by atoms with Crippen molar-refractivity contribution >= 4 is 23.4 Å². The molecule has 36 heavy (non-hydrogen) atoms. The SMILES string of the molecule is Cc1cc(OCC(=O)NC23CCC(NC(=O)COc4ccc(Cl)c(F)c4)(CC2)C[C@@H]3O)cc(C)c1C. The molecule has 7 nitrogen and oxygen atoms in total. The monoisotopic (exact) mass is 518 g/mol. The highest BCUT2D eigenvalue weighted by molar-refractivity contribution is 6.30. The van der Waals surface area contributed by atoms with E-state index in [1.165, 1.54) is 17.7 Å². The van der Waals surface area contributed by atoms with Gasteiger partial charge in [0.2, 0.25) is 0 Å². The molecule has 9 heteroatoms. The molecule has 0 spiro atoms. The highest BCUT2D eigenvalue weighted by Crippen LogP contribution is 2.47. The van der Waals surface area contributed by atoms with Gasteiger partial charge in [-0.1, -0.05) is 11.6 Å². The average molecular weight is 519 g/mol. The number of amides is 2. The van der Waals surface area contributed by atoms with Crippen molar-refractivity contribution in [1.82, 2.24) is 10.6 Å². The van der Waals surface area contributed by atoms with Crippen molar-refractivity contribution in [2.45, 2.75) is 70.1 Å². The van der Waals surface area contributed by atoms with Gasteiger partial charge in [-0.05, 0) is 93.8 Å². The Morgan fingerprint density at radius 2 is 1.56 bits per heavy atom. The van der Waals surface area contributed by atoms with E-state index >= 15 is 0 Å². The van der Waals surface area contributed by atoms with Crippen LogP contribution < -0.4 is 20.1 Å². The fourth-order valence-electron chi connectivity index (χ4n) is 5.25. The number of ether oxygens (including phenoxy) is 2. The van der Waals surface area contributed by atoms with Crippen LogP contribution >= 0.6 is 11.6 Å². The number of carbonyl (C=O) groups is 2. The molecule has 0 saturated heterocycles. The Kier molecular flexibility index (Phi) is 7.48. The molecule has 0 aromatic heterocycles. The number of rotatable bonds is 8. The van der Waals surface area contributed by atoms with Crippen LogP contribution in [0.3, 0.4) is 0 Å². The van der Waals surface area contributed by atoms with Gasteiger partial charge in [-0.15, -0.1) is 0 Å². The number of benzene rings is 2. The zero-order valence-electron chi connectivity index (χ0n) is 20.7. The number of halogens is 2. The number of nitrogens with one attached hydrogen (secondary N) is 2. The van der Waals surface area contributed by atoms with Crippen LogP contribution in [0, 0.1) is 26.6 Å². The number of hydrogen-bond acceptors (Lipinski definition) is 5. The number of aliphatic hydroxyl groups is 1. The standard InChI is InChI=1S/C27H32ClFN2O5/c1-16-10-20(11-17(2)18(16)3)36-15-25(34)31-27-8-6-26(7-9-27,13-23(27)32)30-24(33)14-35-19-4-5-21(28)22(29)12-19/h4-5,10-12,23,32H,6-9,13-15H2,1-3H3,(H,30,33)(H,31,34)/t23-,26?,27?/m0/s1. The lowest BCUT2D eigenvalue weighted by atomic mass is 9.60. The fourth-order valence-corrected chi connectivity index (χ4v) is 5.37. The quantitative estimate of drug-likeness (QED) is 0.492. The first kappa shape index (κ1) is 26.2. The molecule has 0 unspecified atom stereocenters. The lowest BCUT2D eigenvalue weighted by Gasteiger charge is -2.56. The highest BCUT2D eigenvalue weighted by Gasteiger charge is 2.55. The number of carbonyl (C=O) groups excluding carboxylic acids is 2. The molecule has 0 heterocycles. The summed E-state index contributed by atoms with van der Waals surface area (Å²) in [4.78, 5) is 25.2. The molecule has 3 fully saturated rings. The van der Waals surface area contributed by atoms with Crippen LogP contribution in [0.2, 0.25) is 5.02 Å². The van der Waals surface area contributed by atoms with Crippen molar-refractivity contribution in [2.75, 3.05) is 13.2 Å². The zero-order chi connectivity index (χ0) is 26.1. The highest BCUT2D eigenvalue weighted by atomic mass is 35.5. The number of aliphatic hydroxyl groups excluding tert-OH is 1. The van der Waals surface area contributed by atoms with E-state index in [0.29, 0.717) is 37.9 Å². The summed E-state index contributed by atoms with van der Waals surface area (Å²) in [6.45, 7) is 5.63. The molecule has 2 aromatic carbocycles. The van der Waals surface area contributed by atoms with E-state index in [1.807, 2.05) is 32.9 Å². The smallest absolute Gasteiger partial charge is 0.258 e. The van der Waals surface area contributed by atoms with Gasteiger partial charge in [0, 0.05) is 11.6 Å². The second-order valence-corrected chi connectivity index (χ2v) is 10.5. The van der Waals surface area contributed by atoms with Crippen LogP contribution in [0.4, 0.5) is 4.39 Å². The lowest BCUT2D eigenvalue weighted by molar-refractivity contribution is -0.137. The van der Waals surface area contributed by atoms with Gasteiger partial charge >= 0.3 is 0 Å². The Labute approximate surface area is 215 Å². The molecule has 2 aromatic rings. The molecule has 3 N–H and O–H groups in total. The third-order valence-corrected chi connectivity index (χ3v) is 7.95. The molecule has 0 aliphatic heterocycles. The maximum Gasteiger partial charge on any atom is 0.258 e.